The van der Waals surface area contributed by atoms with Gasteiger partial charge in [-0.05, 0) is 30.4 Å². The SMILES string of the molecule is Cl.NC[C@@H]1CN(C(=O)CCC2CCC2)C[C@H]1c1ccccc1. The molecule has 1 saturated heterocycles. The Hall–Kier alpha value is -1.06. The fourth-order valence-electron chi connectivity index (χ4n) is 3.66. The number of amides is 1. The van der Waals surface area contributed by atoms with Crippen molar-refractivity contribution in [3.05, 3.63) is 35.9 Å². The Morgan fingerprint density at radius 1 is 1.18 bits per heavy atom. The van der Waals surface area contributed by atoms with E-state index in [2.05, 4.69) is 24.3 Å². The van der Waals surface area contributed by atoms with Gasteiger partial charge in [0.15, 0.2) is 0 Å². The maximum atomic E-state index is 12.4. The highest BCUT2D eigenvalue weighted by molar-refractivity contribution is 5.85. The minimum Gasteiger partial charge on any atom is -0.342 e. The van der Waals surface area contributed by atoms with Crippen LogP contribution in [0.15, 0.2) is 30.3 Å². The quantitative estimate of drug-likeness (QED) is 0.905. The van der Waals surface area contributed by atoms with Crippen LogP contribution in [-0.2, 0) is 4.79 Å². The molecule has 1 aliphatic carbocycles. The van der Waals surface area contributed by atoms with E-state index in [1.54, 1.807) is 0 Å². The lowest BCUT2D eigenvalue weighted by atomic mass is 9.82. The molecule has 1 saturated carbocycles. The van der Waals surface area contributed by atoms with E-state index in [0.717, 1.165) is 31.8 Å². The van der Waals surface area contributed by atoms with Crippen molar-refractivity contribution in [1.82, 2.24) is 4.90 Å². The molecule has 0 unspecified atom stereocenters. The molecule has 0 bridgehead atoms. The number of carbonyl (C=O) groups is 1. The van der Waals surface area contributed by atoms with E-state index in [1.165, 1.54) is 24.8 Å². The zero-order valence-electron chi connectivity index (χ0n) is 13.1. The highest BCUT2D eigenvalue weighted by Gasteiger charge is 2.35. The second kappa shape index (κ2) is 7.98. The fraction of sp³-hybridized carbons (Fsp3) is 0.611. The molecule has 4 heteroatoms. The van der Waals surface area contributed by atoms with Crippen LogP contribution < -0.4 is 5.73 Å². The van der Waals surface area contributed by atoms with Gasteiger partial charge in [-0.25, -0.2) is 0 Å². The summed E-state index contributed by atoms with van der Waals surface area (Å²) in [4.78, 5) is 14.5. The van der Waals surface area contributed by atoms with Gasteiger partial charge in [-0.2, -0.15) is 0 Å². The van der Waals surface area contributed by atoms with Gasteiger partial charge >= 0.3 is 0 Å². The maximum Gasteiger partial charge on any atom is 0.222 e. The molecule has 122 valence electrons. The van der Waals surface area contributed by atoms with Gasteiger partial charge in [-0.3, -0.25) is 4.79 Å². The molecule has 0 radical (unpaired) electrons. The van der Waals surface area contributed by atoms with E-state index >= 15 is 0 Å². The molecule has 3 rings (SSSR count). The molecule has 0 spiro atoms. The van der Waals surface area contributed by atoms with Crippen LogP contribution in [-0.4, -0.2) is 30.4 Å². The summed E-state index contributed by atoms with van der Waals surface area (Å²) in [5.41, 5.74) is 7.26. The number of nitrogens with two attached hydrogens (primary N) is 1. The molecule has 2 atom stereocenters. The molecule has 22 heavy (non-hydrogen) atoms. The molecule has 2 fully saturated rings. The summed E-state index contributed by atoms with van der Waals surface area (Å²) >= 11 is 0. The average molecular weight is 323 g/mol. The lowest BCUT2D eigenvalue weighted by molar-refractivity contribution is -0.130. The molecule has 1 aliphatic heterocycles. The summed E-state index contributed by atoms with van der Waals surface area (Å²) in [6.07, 6.45) is 5.81. The van der Waals surface area contributed by atoms with Crippen LogP contribution >= 0.6 is 12.4 Å². The predicted molar refractivity (Wildman–Crippen MR) is 92.1 cm³/mol. The van der Waals surface area contributed by atoms with Crippen molar-refractivity contribution >= 4 is 18.3 Å². The summed E-state index contributed by atoms with van der Waals surface area (Å²) < 4.78 is 0. The first-order chi connectivity index (χ1) is 10.3. The van der Waals surface area contributed by atoms with Gasteiger partial charge in [-0.15, -0.1) is 12.4 Å². The van der Waals surface area contributed by atoms with Gasteiger partial charge in [0.05, 0.1) is 0 Å². The highest BCUT2D eigenvalue weighted by atomic mass is 35.5. The Bertz CT molecular complexity index is 475. The van der Waals surface area contributed by atoms with Crippen LogP contribution in [0, 0.1) is 11.8 Å². The smallest absolute Gasteiger partial charge is 0.222 e. The lowest BCUT2D eigenvalue weighted by Gasteiger charge is -2.26. The first-order valence-electron chi connectivity index (χ1n) is 8.30. The van der Waals surface area contributed by atoms with E-state index in [0.29, 0.717) is 24.3 Å². The molecule has 1 amide bonds. The summed E-state index contributed by atoms with van der Waals surface area (Å²) in [5.74, 6) is 1.95. The molecule has 2 N–H and O–H groups in total. The third-order valence-electron chi connectivity index (χ3n) is 5.32. The normalized spacial score (nSPS) is 24.7. The second-order valence-corrected chi connectivity index (χ2v) is 6.65. The Morgan fingerprint density at radius 3 is 2.50 bits per heavy atom. The van der Waals surface area contributed by atoms with Crippen LogP contribution in [0.2, 0.25) is 0 Å². The lowest BCUT2D eigenvalue weighted by Crippen LogP contribution is -2.30. The van der Waals surface area contributed by atoms with Crippen molar-refractivity contribution in [2.45, 2.75) is 38.0 Å². The van der Waals surface area contributed by atoms with Gasteiger partial charge in [0.1, 0.15) is 0 Å². The largest absolute Gasteiger partial charge is 0.342 e. The standard InChI is InChI=1S/C18H26N2O.ClH/c19-11-16-12-20(18(21)10-9-14-5-4-6-14)13-17(16)15-7-2-1-3-8-15;/h1-3,7-8,14,16-17H,4-6,9-13,19H2;1H/t16-,17+;/m1./s1. The van der Waals surface area contributed by atoms with E-state index < -0.39 is 0 Å². The Morgan fingerprint density at radius 2 is 1.91 bits per heavy atom. The zero-order chi connectivity index (χ0) is 14.7. The molecular formula is C18H27ClN2O. The topological polar surface area (TPSA) is 46.3 Å². The Balaban J connectivity index is 0.00000176. The van der Waals surface area contributed by atoms with Crippen LogP contribution in [0.3, 0.4) is 0 Å². The third kappa shape index (κ3) is 3.82. The van der Waals surface area contributed by atoms with Crippen LogP contribution in [0.5, 0.6) is 0 Å². The fourth-order valence-corrected chi connectivity index (χ4v) is 3.66. The highest BCUT2D eigenvalue weighted by Crippen LogP contribution is 2.34. The number of likely N-dealkylation sites (tertiary alicyclic amines) is 1. The van der Waals surface area contributed by atoms with Crippen molar-refractivity contribution in [3.63, 3.8) is 0 Å². The van der Waals surface area contributed by atoms with Crippen LogP contribution in [0.1, 0.15) is 43.6 Å². The van der Waals surface area contributed by atoms with E-state index in [9.17, 15) is 4.79 Å². The number of hydrogen-bond acceptors (Lipinski definition) is 2. The van der Waals surface area contributed by atoms with Gasteiger partial charge < -0.3 is 10.6 Å². The molecule has 3 nitrogen and oxygen atoms in total. The second-order valence-electron chi connectivity index (χ2n) is 6.65. The summed E-state index contributed by atoms with van der Waals surface area (Å²) in [5, 5.41) is 0. The number of nitrogens with zero attached hydrogens (tertiary/aromatic N) is 1. The van der Waals surface area contributed by atoms with E-state index in [-0.39, 0.29) is 12.4 Å². The molecule has 2 aliphatic rings. The van der Waals surface area contributed by atoms with E-state index in [4.69, 9.17) is 5.73 Å². The Kier molecular flexibility index (Phi) is 6.27. The number of halogens is 1. The minimum atomic E-state index is 0. The predicted octanol–water partition coefficient (Wildman–Crippen LogP) is 3.19. The zero-order valence-corrected chi connectivity index (χ0v) is 13.9. The monoisotopic (exact) mass is 322 g/mol. The van der Waals surface area contributed by atoms with Crippen molar-refractivity contribution in [3.8, 4) is 0 Å². The molecule has 0 aromatic heterocycles. The van der Waals surface area contributed by atoms with Gasteiger partial charge in [0, 0.05) is 25.4 Å². The molecule has 1 heterocycles. The van der Waals surface area contributed by atoms with Gasteiger partial charge in [0.25, 0.3) is 0 Å². The van der Waals surface area contributed by atoms with Crippen LogP contribution in [0.4, 0.5) is 0 Å². The van der Waals surface area contributed by atoms with E-state index in [1.807, 2.05) is 11.0 Å². The van der Waals surface area contributed by atoms with Crippen LogP contribution in [0.25, 0.3) is 0 Å². The molecule has 1 aromatic rings. The summed E-state index contributed by atoms with van der Waals surface area (Å²) in [6.45, 7) is 2.33. The number of benzene rings is 1. The van der Waals surface area contributed by atoms with Gasteiger partial charge in [-0.1, -0.05) is 49.6 Å². The summed E-state index contributed by atoms with van der Waals surface area (Å²) in [7, 11) is 0. The number of hydrogen-bond donors (Lipinski definition) is 1. The van der Waals surface area contributed by atoms with Crippen molar-refractivity contribution in [2.75, 3.05) is 19.6 Å². The van der Waals surface area contributed by atoms with Crippen molar-refractivity contribution < 1.29 is 4.79 Å². The Labute approximate surface area is 139 Å². The maximum absolute atomic E-state index is 12.4. The first-order valence-corrected chi connectivity index (χ1v) is 8.30. The van der Waals surface area contributed by atoms with Crippen molar-refractivity contribution in [2.24, 2.45) is 17.6 Å². The molecule has 1 aromatic carbocycles. The first kappa shape index (κ1) is 17.3. The average Bonchev–Trinajstić information content (AvgIpc) is 2.90. The van der Waals surface area contributed by atoms with Gasteiger partial charge in [0.2, 0.25) is 5.91 Å². The minimum absolute atomic E-state index is 0. The van der Waals surface area contributed by atoms with Crippen molar-refractivity contribution in [1.29, 1.82) is 0 Å². The summed E-state index contributed by atoms with van der Waals surface area (Å²) in [6, 6.07) is 10.5. The molecular weight excluding hydrogens is 296 g/mol. The number of carbonyl (C=O) groups excluding carboxylic acids is 1. The number of rotatable bonds is 5. The third-order valence-corrected chi connectivity index (χ3v) is 5.32.